The minimum atomic E-state index is -0.275. The predicted molar refractivity (Wildman–Crippen MR) is 118 cm³/mol. The zero-order valence-electron chi connectivity index (χ0n) is 16.8. The summed E-state index contributed by atoms with van der Waals surface area (Å²) in [7, 11) is 0. The van der Waals surface area contributed by atoms with Gasteiger partial charge < -0.3 is 9.73 Å². The first-order valence-corrected chi connectivity index (χ1v) is 10.7. The number of aromatic nitrogens is 2. The molecule has 0 aliphatic heterocycles. The van der Waals surface area contributed by atoms with Crippen molar-refractivity contribution in [2.24, 2.45) is 0 Å². The largest absolute Gasteiger partial charge is 0.467 e. The second kappa shape index (κ2) is 9.18. The molecule has 0 atom stereocenters. The Kier molecular flexibility index (Phi) is 6.18. The third kappa shape index (κ3) is 4.86. The Bertz CT molecular complexity index is 1290. The molecule has 0 fully saturated rings. The van der Waals surface area contributed by atoms with Gasteiger partial charge in [0, 0.05) is 6.54 Å². The highest BCUT2D eigenvalue weighted by Gasteiger charge is 2.14. The molecule has 0 aliphatic carbocycles. The van der Waals surface area contributed by atoms with E-state index in [2.05, 4.69) is 10.3 Å². The Morgan fingerprint density at radius 1 is 1.19 bits per heavy atom. The van der Waals surface area contributed by atoms with Crippen LogP contribution in [0.15, 0.2) is 75.2 Å². The summed E-state index contributed by atoms with van der Waals surface area (Å²) in [4.78, 5) is 30.0. The topological polar surface area (TPSA) is 77.1 Å². The quantitative estimate of drug-likeness (QED) is 0.351. The van der Waals surface area contributed by atoms with Gasteiger partial charge in [0.15, 0.2) is 5.16 Å². The van der Waals surface area contributed by atoms with Gasteiger partial charge in [0.1, 0.15) is 11.6 Å². The van der Waals surface area contributed by atoms with Crippen LogP contribution in [0.5, 0.6) is 0 Å². The van der Waals surface area contributed by atoms with E-state index in [-0.39, 0.29) is 29.6 Å². The number of thioether (sulfide) groups is 1. The molecule has 4 rings (SSSR count). The van der Waals surface area contributed by atoms with E-state index < -0.39 is 0 Å². The van der Waals surface area contributed by atoms with Crippen molar-refractivity contribution in [3.05, 3.63) is 93.9 Å². The number of nitrogens with one attached hydrogen (secondary N) is 1. The molecule has 158 valence electrons. The summed E-state index contributed by atoms with van der Waals surface area (Å²) < 4.78 is 20.3. The van der Waals surface area contributed by atoms with E-state index in [1.807, 2.05) is 6.07 Å². The molecule has 1 N–H and O–H groups in total. The maximum atomic E-state index is 13.4. The molecule has 4 aromatic rings. The van der Waals surface area contributed by atoms with Gasteiger partial charge in [-0.2, -0.15) is 0 Å². The van der Waals surface area contributed by atoms with Crippen LogP contribution in [0.25, 0.3) is 10.9 Å². The van der Waals surface area contributed by atoms with Crippen molar-refractivity contribution in [1.82, 2.24) is 14.9 Å². The standard InChI is InChI=1S/C23H20FN3O3S/c1-15-11-16(8-9-19(15)24)12-25-21(28)14-31-23-26-20-7-3-2-6-18(20)22(29)27(23)13-17-5-4-10-30-17/h2-11H,12-14H2,1H3,(H,25,28). The lowest BCUT2D eigenvalue weighted by Gasteiger charge is -2.12. The number of rotatable bonds is 7. The summed E-state index contributed by atoms with van der Waals surface area (Å²) in [6, 6.07) is 15.4. The molecule has 0 saturated carbocycles. The zero-order valence-corrected chi connectivity index (χ0v) is 17.6. The number of carbonyl (C=O) groups excluding carboxylic acids is 1. The number of halogens is 1. The summed E-state index contributed by atoms with van der Waals surface area (Å²) in [5, 5.41) is 3.76. The number of hydrogen-bond acceptors (Lipinski definition) is 5. The Morgan fingerprint density at radius 3 is 2.81 bits per heavy atom. The average Bonchev–Trinajstić information content (AvgIpc) is 3.28. The number of carbonyl (C=O) groups is 1. The Morgan fingerprint density at radius 2 is 2.03 bits per heavy atom. The van der Waals surface area contributed by atoms with E-state index in [0.29, 0.717) is 33.9 Å². The molecule has 1 amide bonds. The predicted octanol–water partition coefficient (Wildman–Crippen LogP) is 3.89. The summed E-state index contributed by atoms with van der Waals surface area (Å²) in [6.45, 7) is 2.20. The number of hydrogen-bond donors (Lipinski definition) is 1. The van der Waals surface area contributed by atoms with E-state index in [9.17, 15) is 14.0 Å². The van der Waals surface area contributed by atoms with Crippen molar-refractivity contribution in [3.8, 4) is 0 Å². The number of benzene rings is 2. The maximum Gasteiger partial charge on any atom is 0.262 e. The summed E-state index contributed by atoms with van der Waals surface area (Å²) in [5.41, 5.74) is 1.74. The first-order valence-electron chi connectivity index (χ1n) is 9.68. The molecule has 2 aromatic heterocycles. The highest BCUT2D eigenvalue weighted by atomic mass is 32.2. The average molecular weight is 437 g/mol. The van der Waals surface area contributed by atoms with Crippen LogP contribution in [-0.2, 0) is 17.9 Å². The molecule has 0 radical (unpaired) electrons. The first kappa shape index (κ1) is 20.9. The molecule has 0 aliphatic rings. The molecule has 31 heavy (non-hydrogen) atoms. The van der Waals surface area contributed by atoms with E-state index in [1.165, 1.54) is 22.4 Å². The fraction of sp³-hybridized carbons (Fsp3) is 0.174. The van der Waals surface area contributed by atoms with Crippen molar-refractivity contribution >= 4 is 28.6 Å². The van der Waals surface area contributed by atoms with Crippen LogP contribution in [0.2, 0.25) is 0 Å². The van der Waals surface area contributed by atoms with Crippen LogP contribution >= 0.6 is 11.8 Å². The number of fused-ring (bicyclic) bond motifs is 1. The second-order valence-corrected chi connectivity index (χ2v) is 7.97. The molecule has 0 unspecified atom stereocenters. The summed E-state index contributed by atoms with van der Waals surface area (Å²) in [6.07, 6.45) is 1.55. The van der Waals surface area contributed by atoms with Crippen molar-refractivity contribution < 1.29 is 13.6 Å². The van der Waals surface area contributed by atoms with Crippen LogP contribution < -0.4 is 10.9 Å². The molecular formula is C23H20FN3O3S. The number of para-hydroxylation sites is 1. The van der Waals surface area contributed by atoms with E-state index in [0.717, 1.165) is 5.56 Å². The van der Waals surface area contributed by atoms with E-state index in [4.69, 9.17) is 4.42 Å². The van der Waals surface area contributed by atoms with Crippen molar-refractivity contribution in [3.63, 3.8) is 0 Å². The van der Waals surface area contributed by atoms with Crippen LogP contribution in [0.3, 0.4) is 0 Å². The smallest absolute Gasteiger partial charge is 0.262 e. The molecule has 2 aromatic carbocycles. The molecule has 8 heteroatoms. The lowest BCUT2D eigenvalue weighted by atomic mass is 10.1. The van der Waals surface area contributed by atoms with Gasteiger partial charge in [0.05, 0.1) is 29.5 Å². The monoisotopic (exact) mass is 437 g/mol. The fourth-order valence-electron chi connectivity index (χ4n) is 3.15. The van der Waals surface area contributed by atoms with Gasteiger partial charge in [0.2, 0.25) is 5.91 Å². The minimum Gasteiger partial charge on any atom is -0.467 e. The molecule has 0 bridgehead atoms. The van der Waals surface area contributed by atoms with Gasteiger partial charge in [-0.15, -0.1) is 0 Å². The van der Waals surface area contributed by atoms with Crippen molar-refractivity contribution in [2.45, 2.75) is 25.2 Å². The highest BCUT2D eigenvalue weighted by Crippen LogP contribution is 2.19. The van der Waals surface area contributed by atoms with Gasteiger partial charge in [0.25, 0.3) is 5.56 Å². The summed E-state index contributed by atoms with van der Waals surface area (Å²) in [5.74, 6) is 0.224. The van der Waals surface area contributed by atoms with Crippen LogP contribution in [0.4, 0.5) is 4.39 Å². The zero-order chi connectivity index (χ0) is 21.8. The normalized spacial score (nSPS) is 11.0. The van der Waals surface area contributed by atoms with E-state index in [1.54, 1.807) is 55.7 Å². The SMILES string of the molecule is Cc1cc(CNC(=O)CSc2nc3ccccc3c(=O)n2Cc2ccco2)ccc1F. The number of nitrogens with zero attached hydrogens (tertiary/aromatic N) is 2. The summed E-state index contributed by atoms with van der Waals surface area (Å²) >= 11 is 1.18. The second-order valence-electron chi connectivity index (χ2n) is 7.03. The van der Waals surface area contributed by atoms with Gasteiger partial charge in [-0.3, -0.25) is 14.2 Å². The van der Waals surface area contributed by atoms with Gasteiger partial charge in [-0.1, -0.05) is 36.0 Å². The first-order chi connectivity index (χ1) is 15.0. The highest BCUT2D eigenvalue weighted by molar-refractivity contribution is 7.99. The molecule has 0 saturated heterocycles. The molecule has 2 heterocycles. The molecule has 0 spiro atoms. The minimum absolute atomic E-state index is 0.0864. The number of furan rings is 1. The number of amides is 1. The van der Waals surface area contributed by atoms with Gasteiger partial charge in [-0.25, -0.2) is 9.37 Å². The Hall–Kier alpha value is -3.39. The van der Waals surface area contributed by atoms with Gasteiger partial charge in [-0.05, 0) is 48.4 Å². The van der Waals surface area contributed by atoms with E-state index >= 15 is 0 Å². The lowest BCUT2D eigenvalue weighted by Crippen LogP contribution is -2.27. The third-order valence-corrected chi connectivity index (χ3v) is 5.74. The third-order valence-electron chi connectivity index (χ3n) is 4.77. The Labute approximate surface area is 182 Å². The lowest BCUT2D eigenvalue weighted by molar-refractivity contribution is -0.118. The molecule has 6 nitrogen and oxygen atoms in total. The van der Waals surface area contributed by atoms with Crippen LogP contribution in [0.1, 0.15) is 16.9 Å². The van der Waals surface area contributed by atoms with Crippen molar-refractivity contribution in [1.29, 1.82) is 0 Å². The van der Waals surface area contributed by atoms with Crippen LogP contribution in [-0.4, -0.2) is 21.2 Å². The Balaban J connectivity index is 1.50. The number of aryl methyl sites for hydroxylation is 1. The van der Waals surface area contributed by atoms with Crippen molar-refractivity contribution in [2.75, 3.05) is 5.75 Å². The van der Waals surface area contributed by atoms with Crippen LogP contribution in [0, 0.1) is 12.7 Å². The maximum absolute atomic E-state index is 13.4. The fourth-order valence-corrected chi connectivity index (χ4v) is 3.98. The van der Waals surface area contributed by atoms with Gasteiger partial charge >= 0.3 is 0 Å². The molecular weight excluding hydrogens is 417 g/mol.